The van der Waals surface area contributed by atoms with E-state index in [0.717, 1.165) is 4.31 Å². The molecule has 0 spiro atoms. The molecule has 45 heavy (non-hydrogen) atoms. The van der Waals surface area contributed by atoms with Crippen molar-refractivity contribution >= 4 is 27.5 Å². The number of carbonyl (C=O) groups excluding carboxylic acids is 2. The monoisotopic (exact) mass is 643 g/mol. The van der Waals surface area contributed by atoms with Crippen molar-refractivity contribution in [3.05, 3.63) is 66.2 Å². The van der Waals surface area contributed by atoms with Gasteiger partial charge in [-0.25, -0.2) is 8.42 Å². The summed E-state index contributed by atoms with van der Waals surface area (Å²) in [6.45, 7) is 3.31. The van der Waals surface area contributed by atoms with Crippen LogP contribution in [-0.4, -0.2) is 79.8 Å². The van der Waals surface area contributed by atoms with E-state index < -0.39 is 28.5 Å². The molecule has 0 saturated carbocycles. The molecule has 12 nitrogen and oxygen atoms in total. The number of benzene rings is 3. The van der Waals surface area contributed by atoms with E-state index in [-0.39, 0.29) is 34.5 Å². The molecule has 13 heteroatoms. The van der Waals surface area contributed by atoms with E-state index in [4.69, 9.17) is 23.7 Å². The minimum atomic E-state index is -4.44. The van der Waals surface area contributed by atoms with Gasteiger partial charge in [0.05, 0.1) is 46.1 Å². The van der Waals surface area contributed by atoms with Gasteiger partial charge in [0, 0.05) is 25.2 Å². The van der Waals surface area contributed by atoms with Gasteiger partial charge in [-0.15, -0.1) is 0 Å². The summed E-state index contributed by atoms with van der Waals surface area (Å²) in [5, 5.41) is 2.82. The van der Waals surface area contributed by atoms with E-state index in [1.807, 2.05) is 6.92 Å². The van der Waals surface area contributed by atoms with Gasteiger partial charge in [-0.3, -0.25) is 13.9 Å². The molecule has 0 aromatic heterocycles. The summed E-state index contributed by atoms with van der Waals surface area (Å²) in [7, 11) is 2.77. The molecule has 1 N–H and O–H groups in total. The first-order chi connectivity index (χ1) is 21.5. The lowest BCUT2D eigenvalue weighted by Crippen LogP contribution is -2.51. The summed E-state index contributed by atoms with van der Waals surface area (Å²) in [5.41, 5.74) is 0.778. The number of carbonyl (C=O) groups is 2. The maximum absolute atomic E-state index is 14.4. The number of anilines is 1. The normalized spacial score (nSPS) is 11.6. The Kier molecular flexibility index (Phi) is 12.3. The fourth-order valence-corrected chi connectivity index (χ4v) is 5.95. The summed E-state index contributed by atoms with van der Waals surface area (Å²) in [6.07, 6.45) is 0.706. The molecule has 0 aliphatic heterocycles. The molecule has 1 unspecified atom stereocenters. The van der Waals surface area contributed by atoms with Gasteiger partial charge >= 0.3 is 0 Å². The van der Waals surface area contributed by atoms with Crippen molar-refractivity contribution in [2.75, 3.05) is 52.9 Å². The highest BCUT2D eigenvalue weighted by molar-refractivity contribution is 7.92. The lowest BCUT2D eigenvalue weighted by molar-refractivity contribution is -0.139. The van der Waals surface area contributed by atoms with Crippen LogP contribution in [0.1, 0.15) is 25.8 Å². The van der Waals surface area contributed by atoms with Crippen molar-refractivity contribution in [1.29, 1.82) is 0 Å². The van der Waals surface area contributed by atoms with Crippen LogP contribution in [0.2, 0.25) is 0 Å². The Hall–Kier alpha value is -4.65. The van der Waals surface area contributed by atoms with Crippen LogP contribution in [0.5, 0.6) is 28.7 Å². The van der Waals surface area contributed by atoms with Crippen LogP contribution >= 0.6 is 0 Å². The van der Waals surface area contributed by atoms with Crippen molar-refractivity contribution in [1.82, 2.24) is 10.2 Å². The van der Waals surface area contributed by atoms with E-state index >= 15 is 0 Å². The number of methoxy groups -OCH3 is 5. The highest BCUT2D eigenvalue weighted by Gasteiger charge is 2.34. The van der Waals surface area contributed by atoms with Gasteiger partial charge in [0.1, 0.15) is 29.8 Å². The molecule has 0 radical (unpaired) electrons. The first-order valence-corrected chi connectivity index (χ1v) is 15.6. The third-order valence-electron chi connectivity index (χ3n) is 7.11. The van der Waals surface area contributed by atoms with E-state index in [9.17, 15) is 18.0 Å². The SMILES string of the molecule is CCCNC(=O)C(C)N(Cc1ccc(OC)cc1)C(=O)CN(c1cc(OC)ccc1OC)S(=O)(=O)c1ccc(OC)c(OC)c1. The number of nitrogens with zero attached hydrogens (tertiary/aromatic N) is 2. The Morgan fingerprint density at radius 1 is 0.778 bits per heavy atom. The van der Waals surface area contributed by atoms with Crippen LogP contribution in [-0.2, 0) is 26.2 Å². The summed E-state index contributed by atoms with van der Waals surface area (Å²) < 4.78 is 56.5. The predicted octanol–water partition coefficient (Wildman–Crippen LogP) is 3.87. The van der Waals surface area contributed by atoms with Gasteiger partial charge in [0.15, 0.2) is 11.5 Å². The van der Waals surface area contributed by atoms with Gasteiger partial charge in [-0.05, 0) is 55.3 Å². The van der Waals surface area contributed by atoms with Gasteiger partial charge in [0.25, 0.3) is 10.0 Å². The highest BCUT2D eigenvalue weighted by Crippen LogP contribution is 2.37. The lowest BCUT2D eigenvalue weighted by Gasteiger charge is -2.32. The van der Waals surface area contributed by atoms with E-state index in [0.29, 0.717) is 35.8 Å². The topological polar surface area (TPSA) is 133 Å². The summed E-state index contributed by atoms with van der Waals surface area (Å²) >= 11 is 0. The summed E-state index contributed by atoms with van der Waals surface area (Å²) in [5.74, 6) is 0.671. The van der Waals surface area contributed by atoms with Crippen LogP contribution in [0.15, 0.2) is 65.6 Å². The molecule has 3 rings (SSSR count). The standard InChI is InChI=1S/C32H41N3O9S/c1-8-17-33-32(37)22(2)34(20-23-9-11-24(40-3)12-10-23)31(36)21-35(27-18-25(41-4)13-15-28(27)42-5)45(38,39)26-14-16-29(43-6)30(19-26)44-7/h9-16,18-19,22H,8,17,20-21H2,1-7H3,(H,33,37). The Morgan fingerprint density at radius 2 is 1.38 bits per heavy atom. The molecule has 0 aliphatic rings. The number of amides is 2. The quantitative estimate of drug-likeness (QED) is 0.247. The van der Waals surface area contributed by atoms with Crippen LogP contribution in [0, 0.1) is 0 Å². The van der Waals surface area contributed by atoms with Crippen LogP contribution in [0.4, 0.5) is 5.69 Å². The zero-order valence-electron chi connectivity index (χ0n) is 26.7. The zero-order valence-corrected chi connectivity index (χ0v) is 27.5. The van der Waals surface area contributed by atoms with Crippen LogP contribution in [0.25, 0.3) is 0 Å². The molecule has 0 fully saturated rings. The Morgan fingerprint density at radius 3 is 1.96 bits per heavy atom. The van der Waals surface area contributed by atoms with Crippen LogP contribution in [0.3, 0.4) is 0 Å². The fourth-order valence-electron chi connectivity index (χ4n) is 4.52. The van der Waals surface area contributed by atoms with Gasteiger partial charge in [0.2, 0.25) is 11.8 Å². The Labute approximate surface area is 264 Å². The van der Waals surface area contributed by atoms with Gasteiger partial charge < -0.3 is 33.9 Å². The van der Waals surface area contributed by atoms with Gasteiger partial charge in [-0.1, -0.05) is 19.1 Å². The zero-order chi connectivity index (χ0) is 33.1. The van der Waals surface area contributed by atoms with E-state index in [1.165, 1.54) is 57.6 Å². The Bertz CT molecular complexity index is 1560. The second kappa shape index (κ2) is 15.9. The summed E-state index contributed by atoms with van der Waals surface area (Å²) in [4.78, 5) is 28.5. The van der Waals surface area contributed by atoms with Crippen molar-refractivity contribution in [2.45, 2.75) is 37.8 Å². The number of nitrogens with one attached hydrogen (secondary N) is 1. The highest BCUT2D eigenvalue weighted by atomic mass is 32.2. The number of hydrogen-bond acceptors (Lipinski definition) is 9. The molecule has 0 saturated heterocycles. The van der Waals surface area contributed by atoms with Crippen molar-refractivity contribution in [3.8, 4) is 28.7 Å². The lowest BCUT2D eigenvalue weighted by atomic mass is 10.1. The van der Waals surface area contributed by atoms with Gasteiger partial charge in [-0.2, -0.15) is 0 Å². The number of rotatable bonds is 16. The predicted molar refractivity (Wildman–Crippen MR) is 170 cm³/mol. The van der Waals surface area contributed by atoms with Crippen molar-refractivity contribution in [3.63, 3.8) is 0 Å². The minimum absolute atomic E-state index is 0.0308. The second-order valence-corrected chi connectivity index (χ2v) is 11.8. The average molecular weight is 644 g/mol. The maximum Gasteiger partial charge on any atom is 0.265 e. The number of hydrogen-bond donors (Lipinski definition) is 1. The number of ether oxygens (including phenoxy) is 5. The third kappa shape index (κ3) is 8.29. The van der Waals surface area contributed by atoms with E-state index in [1.54, 1.807) is 50.4 Å². The molecular formula is C32H41N3O9S. The van der Waals surface area contributed by atoms with E-state index in [2.05, 4.69) is 5.32 Å². The minimum Gasteiger partial charge on any atom is -0.497 e. The Balaban J connectivity index is 2.15. The molecule has 0 heterocycles. The summed E-state index contributed by atoms with van der Waals surface area (Å²) in [6, 6.07) is 14.9. The molecule has 244 valence electrons. The van der Waals surface area contributed by atoms with Crippen molar-refractivity contribution in [2.24, 2.45) is 0 Å². The van der Waals surface area contributed by atoms with Crippen molar-refractivity contribution < 1.29 is 41.7 Å². The fraction of sp³-hybridized carbons (Fsp3) is 0.375. The molecular weight excluding hydrogens is 602 g/mol. The first kappa shape index (κ1) is 34.8. The average Bonchev–Trinajstić information content (AvgIpc) is 3.07. The largest absolute Gasteiger partial charge is 0.497 e. The molecule has 0 aliphatic carbocycles. The maximum atomic E-state index is 14.4. The molecule has 1 atom stereocenters. The second-order valence-electron chi connectivity index (χ2n) is 9.90. The van der Waals surface area contributed by atoms with Crippen LogP contribution < -0.4 is 33.3 Å². The third-order valence-corrected chi connectivity index (χ3v) is 8.86. The molecule has 3 aromatic rings. The first-order valence-electron chi connectivity index (χ1n) is 14.2. The molecule has 0 bridgehead atoms. The molecule has 3 aromatic carbocycles. The number of sulfonamides is 1. The molecule has 2 amide bonds. The smallest absolute Gasteiger partial charge is 0.265 e.